The average molecular weight is 465 g/mol. The van der Waals surface area contributed by atoms with Crippen LogP contribution in [0.25, 0.3) is 0 Å². The van der Waals surface area contributed by atoms with E-state index in [9.17, 15) is 18.8 Å². The third-order valence-electron chi connectivity index (χ3n) is 6.47. The number of ketones is 1. The molecule has 2 aromatic rings. The smallest absolute Gasteiger partial charge is 0.266 e. The zero-order valence-corrected chi connectivity index (χ0v) is 18.6. The fourth-order valence-electron chi connectivity index (χ4n) is 4.51. The van der Waals surface area contributed by atoms with Crippen molar-refractivity contribution in [3.63, 3.8) is 0 Å². The van der Waals surface area contributed by atoms with Gasteiger partial charge in [0.25, 0.3) is 11.8 Å². The van der Waals surface area contributed by atoms with Crippen molar-refractivity contribution in [1.29, 1.82) is 0 Å². The van der Waals surface area contributed by atoms with Crippen molar-refractivity contribution in [2.24, 2.45) is 11.1 Å². The van der Waals surface area contributed by atoms with Gasteiger partial charge in [-0.2, -0.15) is 0 Å². The Morgan fingerprint density at radius 1 is 1.15 bits per heavy atom. The molecular formula is C25H24FN3O5. The third kappa shape index (κ3) is 4.25. The SMILES string of the molecule is CC1Oc2ccc(C(=O)C3CCN(C(=O)C4CC(c5cccc(F)c5)=NO4)CC3)cc2NC1=O. The van der Waals surface area contributed by atoms with Crippen LogP contribution in [0.4, 0.5) is 10.1 Å². The van der Waals surface area contributed by atoms with Crippen LogP contribution in [-0.4, -0.2) is 53.5 Å². The number of oxime groups is 1. The topological polar surface area (TPSA) is 97.3 Å². The van der Waals surface area contributed by atoms with Gasteiger partial charge in [0.1, 0.15) is 11.6 Å². The Balaban J connectivity index is 1.17. The number of likely N-dealkylation sites (tertiary alicyclic amines) is 1. The summed E-state index contributed by atoms with van der Waals surface area (Å²) < 4.78 is 19.0. The first kappa shape index (κ1) is 22.1. The second-order valence-electron chi connectivity index (χ2n) is 8.77. The van der Waals surface area contributed by atoms with E-state index in [1.54, 1.807) is 42.2 Å². The standard InChI is InChI=1S/C25H24FN3O5/c1-14-24(31)27-20-12-17(5-6-21(20)33-14)23(30)15-7-9-29(10-8-15)25(32)22-13-19(28-34-22)16-3-2-4-18(26)11-16/h2-6,11-12,14-15,22H,7-10,13H2,1H3,(H,27,31). The summed E-state index contributed by atoms with van der Waals surface area (Å²) in [6, 6.07) is 11.1. The Kier molecular flexibility index (Phi) is 5.77. The molecule has 0 bridgehead atoms. The number of piperidine rings is 1. The Bertz CT molecular complexity index is 1190. The summed E-state index contributed by atoms with van der Waals surface area (Å²) in [6.45, 7) is 2.54. The molecule has 0 aromatic heterocycles. The second-order valence-corrected chi connectivity index (χ2v) is 8.77. The minimum Gasteiger partial charge on any atom is -0.479 e. The van der Waals surface area contributed by atoms with Crippen LogP contribution < -0.4 is 10.1 Å². The van der Waals surface area contributed by atoms with Crippen molar-refractivity contribution in [1.82, 2.24) is 4.90 Å². The summed E-state index contributed by atoms with van der Waals surface area (Å²) in [4.78, 5) is 44.9. The number of carbonyl (C=O) groups is 3. The molecule has 1 fully saturated rings. The Hall–Kier alpha value is -3.75. The zero-order chi connectivity index (χ0) is 23.8. The molecule has 5 rings (SSSR count). The van der Waals surface area contributed by atoms with Crippen LogP contribution in [0.15, 0.2) is 47.6 Å². The van der Waals surface area contributed by atoms with E-state index in [1.165, 1.54) is 12.1 Å². The number of carbonyl (C=O) groups excluding carboxylic acids is 3. The van der Waals surface area contributed by atoms with Crippen LogP contribution in [-0.2, 0) is 14.4 Å². The Labute approximate surface area is 195 Å². The normalized spacial score (nSPS) is 22.2. The number of rotatable bonds is 4. The van der Waals surface area contributed by atoms with Crippen LogP contribution in [0.2, 0.25) is 0 Å². The van der Waals surface area contributed by atoms with Gasteiger partial charge in [0, 0.05) is 36.6 Å². The Morgan fingerprint density at radius 3 is 2.71 bits per heavy atom. The molecule has 0 radical (unpaired) electrons. The lowest BCUT2D eigenvalue weighted by atomic mass is 9.88. The van der Waals surface area contributed by atoms with Crippen molar-refractivity contribution in [3.05, 3.63) is 59.4 Å². The number of halogens is 1. The fraction of sp³-hybridized carbons (Fsp3) is 0.360. The molecule has 9 heteroatoms. The molecule has 2 aromatic carbocycles. The van der Waals surface area contributed by atoms with E-state index in [2.05, 4.69) is 10.5 Å². The molecule has 2 unspecified atom stereocenters. The van der Waals surface area contributed by atoms with E-state index in [4.69, 9.17) is 9.57 Å². The van der Waals surface area contributed by atoms with Crippen LogP contribution >= 0.6 is 0 Å². The highest BCUT2D eigenvalue weighted by Gasteiger charge is 2.36. The van der Waals surface area contributed by atoms with E-state index in [1.807, 2.05) is 0 Å². The largest absolute Gasteiger partial charge is 0.479 e. The molecule has 3 aliphatic heterocycles. The highest BCUT2D eigenvalue weighted by Crippen LogP contribution is 2.32. The van der Waals surface area contributed by atoms with Gasteiger partial charge in [-0.15, -0.1) is 0 Å². The molecule has 3 heterocycles. The monoisotopic (exact) mass is 465 g/mol. The van der Waals surface area contributed by atoms with Gasteiger partial charge in [-0.1, -0.05) is 17.3 Å². The van der Waals surface area contributed by atoms with E-state index in [0.29, 0.717) is 54.2 Å². The minimum absolute atomic E-state index is 0.0170. The highest BCUT2D eigenvalue weighted by atomic mass is 19.1. The number of Topliss-reactive ketones (excluding diaryl/α,β-unsaturated/α-hetero) is 1. The summed E-state index contributed by atoms with van der Waals surface area (Å²) in [5, 5.41) is 6.75. The number of hydrogen-bond donors (Lipinski definition) is 1. The first-order valence-electron chi connectivity index (χ1n) is 11.3. The second kappa shape index (κ2) is 8.89. The molecule has 0 aliphatic carbocycles. The number of nitrogens with one attached hydrogen (secondary N) is 1. The molecule has 0 saturated carbocycles. The fourth-order valence-corrected chi connectivity index (χ4v) is 4.51. The molecule has 2 amide bonds. The van der Waals surface area contributed by atoms with E-state index in [-0.39, 0.29) is 35.8 Å². The number of hydrogen-bond acceptors (Lipinski definition) is 6. The van der Waals surface area contributed by atoms with E-state index < -0.39 is 12.2 Å². The van der Waals surface area contributed by atoms with Gasteiger partial charge in [-0.05, 0) is 50.1 Å². The predicted octanol–water partition coefficient (Wildman–Crippen LogP) is 3.16. The van der Waals surface area contributed by atoms with Gasteiger partial charge in [0.2, 0.25) is 6.10 Å². The van der Waals surface area contributed by atoms with Crippen LogP contribution in [0.1, 0.15) is 42.1 Å². The Morgan fingerprint density at radius 2 is 1.94 bits per heavy atom. The number of benzene rings is 2. The minimum atomic E-state index is -0.739. The van der Waals surface area contributed by atoms with Crippen LogP contribution in [0.5, 0.6) is 5.75 Å². The number of anilines is 1. The first-order valence-corrected chi connectivity index (χ1v) is 11.3. The summed E-state index contributed by atoms with van der Waals surface area (Å²) in [5.74, 6) is -0.488. The molecule has 8 nitrogen and oxygen atoms in total. The number of ether oxygens (including phenoxy) is 1. The quantitative estimate of drug-likeness (QED) is 0.700. The van der Waals surface area contributed by atoms with Gasteiger partial charge < -0.3 is 19.8 Å². The number of amides is 2. The maximum Gasteiger partial charge on any atom is 0.266 e. The van der Waals surface area contributed by atoms with Crippen LogP contribution in [0.3, 0.4) is 0 Å². The lowest BCUT2D eigenvalue weighted by Gasteiger charge is -2.32. The highest BCUT2D eigenvalue weighted by molar-refractivity contribution is 6.04. The first-order chi connectivity index (χ1) is 16.4. The van der Waals surface area contributed by atoms with Crippen molar-refractivity contribution in [2.45, 2.75) is 38.4 Å². The molecule has 1 saturated heterocycles. The van der Waals surface area contributed by atoms with Gasteiger partial charge >= 0.3 is 0 Å². The molecule has 0 spiro atoms. The lowest BCUT2D eigenvalue weighted by molar-refractivity contribution is -0.143. The van der Waals surface area contributed by atoms with Crippen molar-refractivity contribution in [2.75, 3.05) is 18.4 Å². The van der Waals surface area contributed by atoms with E-state index >= 15 is 0 Å². The average Bonchev–Trinajstić information content (AvgIpc) is 3.34. The number of nitrogens with zero attached hydrogens (tertiary/aromatic N) is 2. The maximum atomic E-state index is 13.5. The van der Waals surface area contributed by atoms with Gasteiger partial charge in [-0.25, -0.2) is 4.39 Å². The molecule has 2 atom stereocenters. The summed E-state index contributed by atoms with van der Waals surface area (Å²) in [6.07, 6.45) is 0.0349. The predicted molar refractivity (Wildman–Crippen MR) is 121 cm³/mol. The molecule has 1 N–H and O–H groups in total. The molecule has 34 heavy (non-hydrogen) atoms. The number of fused-ring (bicyclic) bond motifs is 1. The summed E-state index contributed by atoms with van der Waals surface area (Å²) in [7, 11) is 0. The third-order valence-corrected chi connectivity index (χ3v) is 6.47. The molecule has 176 valence electrons. The zero-order valence-electron chi connectivity index (χ0n) is 18.6. The van der Waals surface area contributed by atoms with Crippen molar-refractivity contribution >= 4 is 29.0 Å². The maximum absolute atomic E-state index is 13.5. The van der Waals surface area contributed by atoms with Gasteiger partial charge in [0.15, 0.2) is 11.9 Å². The van der Waals surface area contributed by atoms with Crippen molar-refractivity contribution in [3.8, 4) is 5.75 Å². The molecular weight excluding hydrogens is 441 g/mol. The van der Waals surface area contributed by atoms with Crippen LogP contribution in [0, 0.1) is 11.7 Å². The van der Waals surface area contributed by atoms with Crippen molar-refractivity contribution < 1.29 is 28.3 Å². The molecule has 3 aliphatic rings. The lowest BCUT2D eigenvalue weighted by Crippen LogP contribution is -2.45. The summed E-state index contributed by atoms with van der Waals surface area (Å²) in [5.41, 5.74) is 2.14. The van der Waals surface area contributed by atoms with Gasteiger partial charge in [0.05, 0.1) is 11.4 Å². The van der Waals surface area contributed by atoms with Gasteiger partial charge in [-0.3, -0.25) is 14.4 Å². The van der Waals surface area contributed by atoms with E-state index in [0.717, 1.165) is 0 Å². The summed E-state index contributed by atoms with van der Waals surface area (Å²) >= 11 is 0.